The first-order valence-electron chi connectivity index (χ1n) is 7.30. The molecule has 0 bridgehead atoms. The molecule has 2 rings (SSSR count). The largest absolute Gasteiger partial charge is 0.396 e. The van der Waals surface area contributed by atoms with Gasteiger partial charge in [0, 0.05) is 20.1 Å². The van der Waals surface area contributed by atoms with E-state index in [9.17, 15) is 0 Å². The molecule has 1 N–H and O–H groups in total. The molecule has 19 heavy (non-hydrogen) atoms. The van der Waals surface area contributed by atoms with E-state index < -0.39 is 0 Å². The van der Waals surface area contributed by atoms with Crippen molar-refractivity contribution in [2.75, 3.05) is 13.7 Å². The van der Waals surface area contributed by atoms with Gasteiger partial charge >= 0.3 is 0 Å². The Labute approximate surface area is 114 Å². The summed E-state index contributed by atoms with van der Waals surface area (Å²) in [7, 11) is 1.74. The molecule has 5 nitrogen and oxygen atoms in total. The lowest BCUT2D eigenvalue weighted by Gasteiger charge is -2.27. The first-order chi connectivity index (χ1) is 9.30. The Morgan fingerprint density at radius 3 is 2.58 bits per heavy atom. The molecule has 0 spiro atoms. The molecule has 0 aliphatic heterocycles. The summed E-state index contributed by atoms with van der Waals surface area (Å²) in [5.41, 5.74) is -0.352. The van der Waals surface area contributed by atoms with E-state index in [1.54, 1.807) is 7.11 Å². The SMILES string of the molecule is COC1(c2noc(CCCCO)n2)CCCCCC1. The van der Waals surface area contributed by atoms with Gasteiger partial charge in [0.25, 0.3) is 0 Å². The number of aryl methyl sites for hydroxylation is 1. The van der Waals surface area contributed by atoms with Crippen molar-refractivity contribution in [1.29, 1.82) is 0 Å². The van der Waals surface area contributed by atoms with Gasteiger partial charge in [-0.3, -0.25) is 0 Å². The van der Waals surface area contributed by atoms with Gasteiger partial charge in [-0.2, -0.15) is 4.98 Å². The maximum Gasteiger partial charge on any atom is 0.226 e. The third kappa shape index (κ3) is 3.54. The molecule has 1 aromatic rings. The number of aliphatic hydroxyl groups excluding tert-OH is 1. The Kier molecular flexibility index (Phi) is 5.34. The Hall–Kier alpha value is -0.940. The monoisotopic (exact) mass is 268 g/mol. The van der Waals surface area contributed by atoms with E-state index in [4.69, 9.17) is 14.4 Å². The molecule has 0 radical (unpaired) electrons. The molecule has 0 unspecified atom stereocenters. The summed E-state index contributed by atoms with van der Waals surface area (Å²) in [5.74, 6) is 1.36. The zero-order chi connectivity index (χ0) is 13.6. The van der Waals surface area contributed by atoms with E-state index in [2.05, 4.69) is 10.1 Å². The van der Waals surface area contributed by atoms with Crippen LogP contribution in [-0.4, -0.2) is 29.0 Å². The van der Waals surface area contributed by atoms with Crippen LogP contribution in [0.4, 0.5) is 0 Å². The summed E-state index contributed by atoms with van der Waals surface area (Å²) in [6.07, 6.45) is 9.14. The van der Waals surface area contributed by atoms with Crippen molar-refractivity contribution in [3.8, 4) is 0 Å². The number of hydrogen-bond acceptors (Lipinski definition) is 5. The number of methoxy groups -OCH3 is 1. The van der Waals surface area contributed by atoms with Crippen LogP contribution < -0.4 is 0 Å². The molecule has 0 saturated heterocycles. The molecule has 1 aliphatic carbocycles. The number of nitrogens with zero attached hydrogens (tertiary/aromatic N) is 2. The maximum atomic E-state index is 8.78. The predicted molar refractivity (Wildman–Crippen MR) is 70.7 cm³/mol. The molecule has 1 aromatic heterocycles. The fraction of sp³-hybridized carbons (Fsp3) is 0.857. The van der Waals surface area contributed by atoms with E-state index in [-0.39, 0.29) is 12.2 Å². The highest BCUT2D eigenvalue weighted by molar-refractivity contribution is 5.02. The molecule has 108 valence electrons. The first-order valence-corrected chi connectivity index (χ1v) is 7.30. The van der Waals surface area contributed by atoms with Gasteiger partial charge in [0.05, 0.1) is 0 Å². The molecular formula is C14H24N2O3. The molecule has 1 heterocycles. The zero-order valence-corrected chi connectivity index (χ0v) is 11.7. The van der Waals surface area contributed by atoms with Crippen molar-refractivity contribution in [2.24, 2.45) is 0 Å². The summed E-state index contributed by atoms with van der Waals surface area (Å²) in [4.78, 5) is 4.51. The van der Waals surface area contributed by atoms with Gasteiger partial charge in [0.1, 0.15) is 5.60 Å². The average molecular weight is 268 g/mol. The summed E-state index contributed by atoms with van der Waals surface area (Å²) in [6.45, 7) is 0.211. The third-order valence-electron chi connectivity index (χ3n) is 3.98. The summed E-state index contributed by atoms with van der Waals surface area (Å²) in [5, 5.41) is 12.9. The fourth-order valence-corrected chi connectivity index (χ4v) is 2.75. The molecule has 5 heteroatoms. The molecule has 0 amide bonds. The second-order valence-electron chi connectivity index (χ2n) is 5.31. The fourth-order valence-electron chi connectivity index (χ4n) is 2.75. The molecule has 0 atom stereocenters. The van der Waals surface area contributed by atoms with Gasteiger partial charge in [0.2, 0.25) is 11.7 Å². The Morgan fingerprint density at radius 2 is 1.95 bits per heavy atom. The van der Waals surface area contributed by atoms with Crippen LogP contribution in [0.15, 0.2) is 4.52 Å². The lowest BCUT2D eigenvalue weighted by molar-refractivity contribution is -0.0365. The van der Waals surface area contributed by atoms with Crippen LogP contribution >= 0.6 is 0 Å². The van der Waals surface area contributed by atoms with Crippen molar-refractivity contribution >= 4 is 0 Å². The zero-order valence-electron chi connectivity index (χ0n) is 11.7. The smallest absolute Gasteiger partial charge is 0.226 e. The number of rotatable bonds is 6. The Balaban J connectivity index is 2.05. The normalized spacial score (nSPS) is 19.3. The second kappa shape index (κ2) is 7.01. The second-order valence-corrected chi connectivity index (χ2v) is 5.31. The van der Waals surface area contributed by atoms with Crippen LogP contribution in [-0.2, 0) is 16.8 Å². The van der Waals surface area contributed by atoms with Gasteiger partial charge in [-0.1, -0.05) is 30.8 Å². The molecule has 1 fully saturated rings. The lowest BCUT2D eigenvalue weighted by atomic mass is 9.93. The van der Waals surface area contributed by atoms with Crippen LogP contribution in [0.2, 0.25) is 0 Å². The van der Waals surface area contributed by atoms with E-state index >= 15 is 0 Å². The Morgan fingerprint density at radius 1 is 1.21 bits per heavy atom. The van der Waals surface area contributed by atoms with Crippen molar-refractivity contribution < 1.29 is 14.4 Å². The summed E-state index contributed by atoms with van der Waals surface area (Å²) >= 11 is 0. The molecule has 0 aromatic carbocycles. The number of hydrogen-bond donors (Lipinski definition) is 1. The summed E-state index contributed by atoms with van der Waals surface area (Å²) in [6, 6.07) is 0. The molecule has 1 aliphatic rings. The summed E-state index contributed by atoms with van der Waals surface area (Å²) < 4.78 is 11.1. The highest BCUT2D eigenvalue weighted by Crippen LogP contribution is 2.37. The molecular weight excluding hydrogens is 244 g/mol. The first kappa shape index (κ1) is 14.5. The van der Waals surface area contributed by atoms with Crippen LogP contribution in [0.1, 0.15) is 63.1 Å². The van der Waals surface area contributed by atoms with Crippen molar-refractivity contribution in [2.45, 2.75) is 63.4 Å². The molecule has 1 saturated carbocycles. The van der Waals surface area contributed by atoms with E-state index in [1.165, 1.54) is 12.8 Å². The maximum absolute atomic E-state index is 8.78. The highest BCUT2D eigenvalue weighted by atomic mass is 16.5. The van der Waals surface area contributed by atoms with Crippen LogP contribution in [0.3, 0.4) is 0 Å². The van der Waals surface area contributed by atoms with Crippen LogP contribution in [0.5, 0.6) is 0 Å². The Bertz CT molecular complexity index is 371. The number of aliphatic hydroxyl groups is 1. The van der Waals surface area contributed by atoms with Crippen molar-refractivity contribution in [3.63, 3.8) is 0 Å². The van der Waals surface area contributed by atoms with Gasteiger partial charge in [-0.15, -0.1) is 0 Å². The number of unbranched alkanes of at least 4 members (excludes halogenated alkanes) is 1. The van der Waals surface area contributed by atoms with E-state index in [1.807, 2.05) is 0 Å². The predicted octanol–water partition coefficient (Wildman–Crippen LogP) is 2.58. The van der Waals surface area contributed by atoms with Crippen molar-refractivity contribution in [1.82, 2.24) is 10.1 Å². The highest BCUT2D eigenvalue weighted by Gasteiger charge is 2.37. The standard InChI is InChI=1S/C14H24N2O3/c1-18-14(9-5-2-3-6-10-14)13-15-12(19-16-13)8-4-7-11-17/h17H,2-11H2,1H3. The quantitative estimate of drug-likeness (QED) is 0.634. The number of ether oxygens (including phenoxy) is 1. The number of aromatic nitrogens is 2. The lowest BCUT2D eigenvalue weighted by Crippen LogP contribution is -2.29. The van der Waals surface area contributed by atoms with Crippen molar-refractivity contribution in [3.05, 3.63) is 11.7 Å². The van der Waals surface area contributed by atoms with E-state index in [0.717, 1.165) is 44.9 Å². The topological polar surface area (TPSA) is 68.4 Å². The minimum Gasteiger partial charge on any atom is -0.396 e. The third-order valence-corrected chi connectivity index (χ3v) is 3.98. The van der Waals surface area contributed by atoms with Crippen LogP contribution in [0, 0.1) is 0 Å². The van der Waals surface area contributed by atoms with Gasteiger partial charge < -0.3 is 14.4 Å². The van der Waals surface area contributed by atoms with Gasteiger partial charge in [-0.05, 0) is 25.7 Å². The van der Waals surface area contributed by atoms with Crippen LogP contribution in [0.25, 0.3) is 0 Å². The minimum absolute atomic E-state index is 0.211. The minimum atomic E-state index is -0.352. The average Bonchev–Trinajstić information content (AvgIpc) is 2.77. The van der Waals surface area contributed by atoms with E-state index in [0.29, 0.717) is 11.7 Å². The van der Waals surface area contributed by atoms with Gasteiger partial charge in [-0.25, -0.2) is 0 Å². The van der Waals surface area contributed by atoms with Gasteiger partial charge in [0.15, 0.2) is 0 Å².